The van der Waals surface area contributed by atoms with E-state index >= 15 is 0 Å². The summed E-state index contributed by atoms with van der Waals surface area (Å²) in [5.41, 5.74) is 7.96. The maximum atomic E-state index is 10.7. The standard InChI is InChI=1S/C11H13N3O5/c12-14-13-4-3-8(15)10(17)7-2-1-6(11(18)19)5-9(7)16/h1-2,5,8,10,15-17H,3-4H2,(H,18,19). The van der Waals surface area contributed by atoms with E-state index in [2.05, 4.69) is 10.0 Å². The molecule has 102 valence electrons. The first kappa shape index (κ1) is 14.8. The molecule has 2 atom stereocenters. The predicted octanol–water partition coefficient (Wildman–Crippen LogP) is 1.19. The molecule has 19 heavy (non-hydrogen) atoms. The van der Waals surface area contributed by atoms with Gasteiger partial charge in [0.25, 0.3) is 0 Å². The van der Waals surface area contributed by atoms with Crippen molar-refractivity contribution in [2.75, 3.05) is 6.54 Å². The average Bonchev–Trinajstić information content (AvgIpc) is 2.37. The molecule has 0 radical (unpaired) electrons. The Morgan fingerprint density at radius 3 is 2.63 bits per heavy atom. The average molecular weight is 267 g/mol. The highest BCUT2D eigenvalue weighted by Gasteiger charge is 2.21. The van der Waals surface area contributed by atoms with Crippen LogP contribution in [0.4, 0.5) is 0 Å². The van der Waals surface area contributed by atoms with E-state index in [-0.39, 0.29) is 24.1 Å². The van der Waals surface area contributed by atoms with E-state index in [1.165, 1.54) is 12.1 Å². The van der Waals surface area contributed by atoms with Crippen LogP contribution in [0.3, 0.4) is 0 Å². The third-order valence-corrected chi connectivity index (χ3v) is 2.55. The van der Waals surface area contributed by atoms with Gasteiger partial charge in [-0.2, -0.15) is 0 Å². The van der Waals surface area contributed by atoms with Gasteiger partial charge in [0.2, 0.25) is 0 Å². The fourth-order valence-corrected chi connectivity index (χ4v) is 1.53. The minimum absolute atomic E-state index is 0.00268. The minimum atomic E-state index is -1.39. The van der Waals surface area contributed by atoms with Crippen molar-refractivity contribution in [2.24, 2.45) is 5.11 Å². The first-order chi connectivity index (χ1) is 8.97. The summed E-state index contributed by atoms with van der Waals surface area (Å²) in [5.74, 6) is -1.63. The van der Waals surface area contributed by atoms with Gasteiger partial charge in [-0.05, 0) is 24.1 Å². The third kappa shape index (κ3) is 3.85. The molecule has 1 aromatic carbocycles. The van der Waals surface area contributed by atoms with Gasteiger partial charge in [0, 0.05) is 17.0 Å². The molecule has 0 saturated carbocycles. The molecular formula is C11H13N3O5. The zero-order valence-electron chi connectivity index (χ0n) is 9.84. The smallest absolute Gasteiger partial charge is 0.335 e. The van der Waals surface area contributed by atoms with Crippen molar-refractivity contribution in [1.82, 2.24) is 0 Å². The number of phenols is 1. The van der Waals surface area contributed by atoms with Gasteiger partial charge in [-0.25, -0.2) is 4.79 Å². The maximum Gasteiger partial charge on any atom is 0.335 e. The Kier molecular flexibility index (Phi) is 5.13. The van der Waals surface area contributed by atoms with Crippen LogP contribution in [0, 0.1) is 0 Å². The second-order valence-corrected chi connectivity index (χ2v) is 3.83. The summed E-state index contributed by atoms with van der Waals surface area (Å²) in [6, 6.07) is 3.42. The number of carboxylic acids is 1. The Morgan fingerprint density at radius 1 is 1.42 bits per heavy atom. The predicted molar refractivity (Wildman–Crippen MR) is 64.7 cm³/mol. The number of benzene rings is 1. The molecule has 4 N–H and O–H groups in total. The lowest BCUT2D eigenvalue weighted by Gasteiger charge is -2.18. The molecule has 0 aliphatic carbocycles. The summed E-state index contributed by atoms with van der Waals surface area (Å²) >= 11 is 0. The number of aliphatic hydroxyl groups is 2. The normalized spacial score (nSPS) is 13.4. The summed E-state index contributed by atoms with van der Waals surface area (Å²) in [5, 5.41) is 41.0. The monoisotopic (exact) mass is 267 g/mol. The highest BCUT2D eigenvalue weighted by molar-refractivity contribution is 5.88. The number of nitrogens with zero attached hydrogens (tertiary/aromatic N) is 3. The zero-order chi connectivity index (χ0) is 14.4. The maximum absolute atomic E-state index is 10.7. The highest BCUT2D eigenvalue weighted by Crippen LogP contribution is 2.28. The largest absolute Gasteiger partial charge is 0.508 e. The molecule has 1 rings (SSSR count). The van der Waals surface area contributed by atoms with Crippen molar-refractivity contribution < 1.29 is 25.2 Å². The lowest BCUT2D eigenvalue weighted by atomic mass is 9.99. The van der Waals surface area contributed by atoms with Gasteiger partial charge in [0.05, 0.1) is 11.7 Å². The molecule has 8 heteroatoms. The van der Waals surface area contributed by atoms with Gasteiger partial charge < -0.3 is 20.4 Å². The van der Waals surface area contributed by atoms with E-state index in [1.54, 1.807) is 0 Å². The van der Waals surface area contributed by atoms with Gasteiger partial charge in [-0.1, -0.05) is 11.2 Å². The molecule has 2 unspecified atom stereocenters. The van der Waals surface area contributed by atoms with Crippen LogP contribution < -0.4 is 0 Å². The van der Waals surface area contributed by atoms with Gasteiger partial charge in [0.1, 0.15) is 11.9 Å². The number of azide groups is 1. The Bertz CT molecular complexity index is 513. The Hall–Kier alpha value is -2.28. The third-order valence-electron chi connectivity index (χ3n) is 2.55. The van der Waals surface area contributed by atoms with Gasteiger partial charge in [0.15, 0.2) is 0 Å². The van der Waals surface area contributed by atoms with E-state index in [9.17, 15) is 20.1 Å². The summed E-state index contributed by atoms with van der Waals surface area (Å²) in [7, 11) is 0. The lowest BCUT2D eigenvalue weighted by molar-refractivity contribution is 0.0137. The first-order valence-electron chi connectivity index (χ1n) is 5.40. The highest BCUT2D eigenvalue weighted by atomic mass is 16.4. The topological polar surface area (TPSA) is 147 Å². The second kappa shape index (κ2) is 6.60. The summed E-state index contributed by atoms with van der Waals surface area (Å²) in [6.07, 6.45) is -2.60. The van der Waals surface area contributed by atoms with Crippen LogP contribution in [-0.2, 0) is 0 Å². The fourth-order valence-electron chi connectivity index (χ4n) is 1.53. The minimum Gasteiger partial charge on any atom is -0.508 e. The molecule has 0 amide bonds. The van der Waals surface area contributed by atoms with Crippen molar-refractivity contribution in [3.05, 3.63) is 39.8 Å². The van der Waals surface area contributed by atoms with Crippen LogP contribution in [0.5, 0.6) is 5.75 Å². The number of aromatic hydroxyl groups is 1. The molecule has 0 saturated heterocycles. The van der Waals surface area contributed by atoms with Gasteiger partial charge >= 0.3 is 5.97 Å². The summed E-state index contributed by atoms with van der Waals surface area (Å²) in [4.78, 5) is 13.2. The number of aromatic carboxylic acids is 1. The van der Waals surface area contributed by atoms with E-state index in [1.807, 2.05) is 0 Å². The van der Waals surface area contributed by atoms with Crippen LogP contribution >= 0.6 is 0 Å². The molecule has 0 aliphatic heterocycles. The quantitative estimate of drug-likeness (QED) is 0.347. The molecule has 1 aromatic rings. The number of phenolic OH excluding ortho intramolecular Hbond substituents is 1. The van der Waals surface area contributed by atoms with Crippen LogP contribution in [0.15, 0.2) is 23.3 Å². The Morgan fingerprint density at radius 2 is 2.11 bits per heavy atom. The van der Waals surface area contributed by atoms with Crippen molar-refractivity contribution >= 4 is 5.97 Å². The van der Waals surface area contributed by atoms with E-state index in [0.29, 0.717) is 0 Å². The number of rotatable bonds is 6. The number of hydrogen-bond donors (Lipinski definition) is 4. The Balaban J connectivity index is 2.84. The molecule has 8 nitrogen and oxygen atoms in total. The lowest BCUT2D eigenvalue weighted by Crippen LogP contribution is -2.19. The van der Waals surface area contributed by atoms with Crippen molar-refractivity contribution in [3.8, 4) is 5.75 Å². The van der Waals surface area contributed by atoms with Crippen LogP contribution in [0.2, 0.25) is 0 Å². The summed E-state index contributed by atoms with van der Waals surface area (Å²) < 4.78 is 0. The van der Waals surface area contributed by atoms with Gasteiger partial charge in [-0.15, -0.1) is 0 Å². The molecule has 0 heterocycles. The molecule has 0 aromatic heterocycles. The van der Waals surface area contributed by atoms with Gasteiger partial charge in [-0.3, -0.25) is 0 Å². The van der Waals surface area contributed by atoms with Crippen LogP contribution in [0.25, 0.3) is 10.4 Å². The number of carbonyl (C=O) groups is 1. The van der Waals surface area contributed by atoms with Crippen LogP contribution in [0.1, 0.15) is 28.4 Å². The first-order valence-corrected chi connectivity index (χ1v) is 5.40. The molecule has 0 aliphatic rings. The molecular weight excluding hydrogens is 254 g/mol. The van der Waals surface area contributed by atoms with E-state index in [0.717, 1.165) is 6.07 Å². The summed E-state index contributed by atoms with van der Waals surface area (Å²) in [6.45, 7) is 0.00268. The zero-order valence-corrected chi connectivity index (χ0v) is 9.84. The van der Waals surface area contributed by atoms with E-state index < -0.39 is 23.9 Å². The van der Waals surface area contributed by atoms with Crippen molar-refractivity contribution in [3.63, 3.8) is 0 Å². The second-order valence-electron chi connectivity index (χ2n) is 3.83. The fraction of sp³-hybridized carbons (Fsp3) is 0.364. The molecule has 0 fully saturated rings. The van der Waals surface area contributed by atoms with Crippen molar-refractivity contribution in [2.45, 2.75) is 18.6 Å². The van der Waals surface area contributed by atoms with Crippen molar-refractivity contribution in [1.29, 1.82) is 0 Å². The number of carboxylic acid groups (broad SMARTS) is 1. The SMILES string of the molecule is [N-]=[N+]=NCCC(O)C(O)c1ccc(C(=O)O)cc1O. The molecule has 0 spiro atoms. The van der Waals surface area contributed by atoms with E-state index in [4.69, 9.17) is 10.6 Å². The van der Waals surface area contributed by atoms with Crippen LogP contribution in [-0.4, -0.2) is 39.0 Å². The molecule has 0 bridgehead atoms. The Labute approximate surface area is 108 Å². The number of aliphatic hydroxyl groups excluding tert-OH is 2. The number of hydrogen-bond acceptors (Lipinski definition) is 5.